The van der Waals surface area contributed by atoms with Gasteiger partial charge in [-0.15, -0.1) is 0 Å². The van der Waals surface area contributed by atoms with Crippen LogP contribution in [0.2, 0.25) is 0 Å². The Kier molecular flexibility index (Phi) is 4.38. The number of hydrogen-bond donors (Lipinski definition) is 0. The van der Waals surface area contributed by atoms with E-state index in [1.807, 2.05) is 6.07 Å². The zero-order chi connectivity index (χ0) is 17.1. The summed E-state index contributed by atoms with van der Waals surface area (Å²) < 4.78 is 28.7. The van der Waals surface area contributed by atoms with E-state index in [0.717, 1.165) is 11.6 Å². The van der Waals surface area contributed by atoms with E-state index in [1.165, 1.54) is 29.2 Å². The highest BCUT2D eigenvalue weighted by Crippen LogP contribution is 2.29. The van der Waals surface area contributed by atoms with Gasteiger partial charge >= 0.3 is 6.03 Å². The molecule has 5 nitrogen and oxygen atoms in total. The van der Waals surface area contributed by atoms with Crippen molar-refractivity contribution in [1.29, 1.82) is 5.26 Å². The number of aromatic nitrogens is 2. The van der Waals surface area contributed by atoms with Gasteiger partial charge in [0.05, 0.1) is 11.6 Å². The van der Waals surface area contributed by atoms with Gasteiger partial charge in [-0.05, 0) is 24.5 Å². The van der Waals surface area contributed by atoms with Crippen molar-refractivity contribution in [3.05, 3.63) is 59.7 Å². The second-order valence-electron chi connectivity index (χ2n) is 5.43. The van der Waals surface area contributed by atoms with Crippen molar-refractivity contribution in [3.8, 4) is 6.07 Å². The highest BCUT2D eigenvalue weighted by Gasteiger charge is 2.23. The quantitative estimate of drug-likeness (QED) is 0.755. The SMILES string of the molecule is N#CC(=C1CCN(C(=O)n2ccnc2)CC1)c1cccc(F)c1F. The average molecular weight is 328 g/mol. The number of allylic oxidation sites excluding steroid dienone is 1. The van der Waals surface area contributed by atoms with Crippen LogP contribution in [0.3, 0.4) is 0 Å². The van der Waals surface area contributed by atoms with E-state index in [1.54, 1.807) is 11.1 Å². The van der Waals surface area contributed by atoms with Crippen LogP contribution in [-0.2, 0) is 0 Å². The third kappa shape index (κ3) is 2.91. The van der Waals surface area contributed by atoms with E-state index in [-0.39, 0.29) is 17.2 Å². The molecule has 1 aromatic carbocycles. The molecule has 1 aliphatic heterocycles. The van der Waals surface area contributed by atoms with Gasteiger partial charge in [0.25, 0.3) is 0 Å². The van der Waals surface area contributed by atoms with Crippen molar-refractivity contribution in [2.45, 2.75) is 12.8 Å². The van der Waals surface area contributed by atoms with Gasteiger partial charge in [0, 0.05) is 31.0 Å². The number of amides is 1. The molecule has 2 heterocycles. The molecule has 0 saturated carbocycles. The Bertz CT molecular complexity index is 827. The Morgan fingerprint density at radius 3 is 2.62 bits per heavy atom. The van der Waals surface area contributed by atoms with E-state index in [2.05, 4.69) is 4.98 Å². The fraction of sp³-hybridized carbons (Fsp3) is 0.235. The number of halogens is 2. The van der Waals surface area contributed by atoms with Gasteiger partial charge in [0.1, 0.15) is 6.33 Å². The topological polar surface area (TPSA) is 61.9 Å². The number of benzene rings is 1. The molecule has 0 bridgehead atoms. The normalized spacial score (nSPS) is 14.4. The Balaban J connectivity index is 1.81. The molecule has 2 aromatic rings. The Hall–Kier alpha value is -3.01. The van der Waals surface area contributed by atoms with E-state index >= 15 is 0 Å². The van der Waals surface area contributed by atoms with Crippen LogP contribution in [0.25, 0.3) is 5.57 Å². The molecule has 1 aliphatic rings. The molecule has 3 rings (SSSR count). The predicted molar refractivity (Wildman–Crippen MR) is 82.7 cm³/mol. The van der Waals surface area contributed by atoms with Gasteiger partial charge < -0.3 is 4.90 Å². The lowest BCUT2D eigenvalue weighted by Crippen LogP contribution is -2.38. The van der Waals surface area contributed by atoms with Gasteiger partial charge in [-0.1, -0.05) is 12.1 Å². The number of carbonyl (C=O) groups is 1. The number of imidazole rings is 1. The number of nitriles is 1. The third-order valence-corrected chi connectivity index (χ3v) is 4.05. The molecule has 1 amide bonds. The van der Waals surface area contributed by atoms with Gasteiger partial charge in [0.2, 0.25) is 0 Å². The molecule has 0 spiro atoms. The van der Waals surface area contributed by atoms with Gasteiger partial charge in [0.15, 0.2) is 11.6 Å². The summed E-state index contributed by atoms with van der Waals surface area (Å²) >= 11 is 0. The van der Waals surface area contributed by atoms with Crippen LogP contribution in [0.15, 0.2) is 42.5 Å². The molecule has 1 aromatic heterocycles. The highest BCUT2D eigenvalue weighted by atomic mass is 19.2. The summed E-state index contributed by atoms with van der Waals surface area (Å²) in [6, 6.07) is 5.58. The predicted octanol–water partition coefficient (Wildman–Crippen LogP) is 3.20. The van der Waals surface area contributed by atoms with Crippen LogP contribution in [0, 0.1) is 23.0 Å². The fourth-order valence-electron chi connectivity index (χ4n) is 2.78. The van der Waals surface area contributed by atoms with Gasteiger partial charge in [-0.25, -0.2) is 18.6 Å². The lowest BCUT2D eigenvalue weighted by atomic mass is 9.93. The second-order valence-corrected chi connectivity index (χ2v) is 5.43. The molecule has 0 N–H and O–H groups in total. The molecular weight excluding hydrogens is 314 g/mol. The average Bonchev–Trinajstić information content (AvgIpc) is 3.14. The minimum absolute atomic E-state index is 0.0260. The smallest absolute Gasteiger partial charge is 0.323 e. The number of rotatable bonds is 1. The number of piperidine rings is 1. The number of likely N-dealkylation sites (tertiary alicyclic amines) is 1. The summed E-state index contributed by atoms with van der Waals surface area (Å²) in [6.07, 6.45) is 5.40. The molecule has 7 heteroatoms. The minimum Gasteiger partial charge on any atom is -0.323 e. The van der Waals surface area contributed by atoms with E-state index in [9.17, 15) is 18.8 Å². The van der Waals surface area contributed by atoms with Crippen molar-refractivity contribution < 1.29 is 13.6 Å². The van der Waals surface area contributed by atoms with Crippen LogP contribution in [0.5, 0.6) is 0 Å². The molecule has 0 aliphatic carbocycles. The van der Waals surface area contributed by atoms with Crippen LogP contribution in [0.1, 0.15) is 18.4 Å². The van der Waals surface area contributed by atoms with Crippen molar-refractivity contribution >= 4 is 11.6 Å². The molecule has 0 unspecified atom stereocenters. The zero-order valence-corrected chi connectivity index (χ0v) is 12.7. The monoisotopic (exact) mass is 328 g/mol. The standard InChI is InChI=1S/C17H14F2N4O/c18-15-3-1-2-13(16(15)19)14(10-20)12-4-7-22(8-5-12)17(24)23-9-6-21-11-23/h1-3,6,9,11H,4-5,7-8H2. The molecule has 24 heavy (non-hydrogen) atoms. The molecular formula is C17H14F2N4O. The Morgan fingerprint density at radius 2 is 2.00 bits per heavy atom. The molecule has 0 radical (unpaired) electrons. The molecule has 0 atom stereocenters. The number of carbonyl (C=O) groups excluding carboxylic acids is 1. The fourth-order valence-corrected chi connectivity index (χ4v) is 2.78. The zero-order valence-electron chi connectivity index (χ0n) is 12.7. The van der Waals surface area contributed by atoms with E-state index in [0.29, 0.717) is 25.9 Å². The van der Waals surface area contributed by atoms with Crippen LogP contribution in [0.4, 0.5) is 13.6 Å². The maximum Gasteiger partial charge on any atom is 0.329 e. The summed E-state index contributed by atoms with van der Waals surface area (Å²) in [6.45, 7) is 0.822. The summed E-state index contributed by atoms with van der Waals surface area (Å²) in [7, 11) is 0. The first kappa shape index (κ1) is 15.9. The minimum atomic E-state index is -1.02. The second kappa shape index (κ2) is 6.62. The molecule has 122 valence electrons. The summed E-state index contributed by atoms with van der Waals surface area (Å²) in [4.78, 5) is 17.7. The molecule has 1 fully saturated rings. The number of nitrogens with zero attached hydrogens (tertiary/aromatic N) is 4. The molecule has 1 saturated heterocycles. The van der Waals surface area contributed by atoms with Crippen molar-refractivity contribution in [3.63, 3.8) is 0 Å². The maximum absolute atomic E-state index is 13.9. The maximum atomic E-state index is 13.9. The summed E-state index contributed by atoms with van der Waals surface area (Å²) in [5.41, 5.74) is 0.861. The van der Waals surface area contributed by atoms with Crippen LogP contribution in [-0.4, -0.2) is 33.6 Å². The highest BCUT2D eigenvalue weighted by molar-refractivity contribution is 5.81. The van der Waals surface area contributed by atoms with Gasteiger partial charge in [-0.2, -0.15) is 5.26 Å². The van der Waals surface area contributed by atoms with Crippen molar-refractivity contribution in [1.82, 2.24) is 14.5 Å². The first-order valence-corrected chi connectivity index (χ1v) is 7.45. The third-order valence-electron chi connectivity index (χ3n) is 4.05. The summed E-state index contributed by atoms with van der Waals surface area (Å²) in [5, 5.41) is 9.38. The summed E-state index contributed by atoms with van der Waals surface area (Å²) in [5.74, 6) is -1.99. The lowest BCUT2D eigenvalue weighted by Gasteiger charge is -2.29. The van der Waals surface area contributed by atoms with E-state index < -0.39 is 11.6 Å². The Morgan fingerprint density at radius 1 is 1.25 bits per heavy atom. The number of hydrogen-bond acceptors (Lipinski definition) is 3. The van der Waals surface area contributed by atoms with E-state index in [4.69, 9.17) is 0 Å². The van der Waals surface area contributed by atoms with Crippen molar-refractivity contribution in [2.24, 2.45) is 0 Å². The first-order chi connectivity index (χ1) is 11.6. The lowest BCUT2D eigenvalue weighted by molar-refractivity contribution is 0.195. The van der Waals surface area contributed by atoms with Gasteiger partial charge in [-0.3, -0.25) is 4.57 Å². The largest absolute Gasteiger partial charge is 0.329 e. The van der Waals surface area contributed by atoms with Crippen LogP contribution < -0.4 is 0 Å². The van der Waals surface area contributed by atoms with Crippen molar-refractivity contribution in [2.75, 3.05) is 13.1 Å². The Labute approximate surface area is 137 Å². The van der Waals surface area contributed by atoms with Crippen LogP contribution >= 0.6 is 0 Å². The first-order valence-electron chi connectivity index (χ1n) is 7.45.